The van der Waals surface area contributed by atoms with Crippen LogP contribution in [0.2, 0.25) is 20.1 Å². The molecule has 0 unspecified atom stereocenters. The number of esters is 6. The molecular weight excluding hydrogens is 1590 g/mol. The summed E-state index contributed by atoms with van der Waals surface area (Å²) < 4.78 is 42.3. The summed E-state index contributed by atoms with van der Waals surface area (Å²) in [5.41, 5.74) is 19.5. The van der Waals surface area contributed by atoms with Crippen LogP contribution in [0.5, 0.6) is 0 Å². The minimum Gasteiger partial charge on any atom is -0.462 e. The van der Waals surface area contributed by atoms with Crippen molar-refractivity contribution in [2.45, 2.75) is 216 Å². The van der Waals surface area contributed by atoms with Crippen molar-refractivity contribution in [3.05, 3.63) is 211 Å². The number of nitro benzene ring substituents is 4. The molecule has 0 aliphatic heterocycles. The predicted molar refractivity (Wildman–Crippen MR) is 445 cm³/mol. The van der Waals surface area contributed by atoms with Gasteiger partial charge in [-0.2, -0.15) is 4.39 Å². The summed E-state index contributed by atoms with van der Waals surface area (Å²) in [6.07, 6.45) is 28.2. The molecule has 0 bridgehead atoms. The highest BCUT2D eigenvalue weighted by Crippen LogP contribution is 2.38. The van der Waals surface area contributed by atoms with Crippen LogP contribution in [0, 0.1) is 90.7 Å². The number of benzene rings is 6. The van der Waals surface area contributed by atoms with Crippen molar-refractivity contribution < 1.29 is 81.3 Å². The Morgan fingerprint density at radius 3 is 0.897 bits per heavy atom. The van der Waals surface area contributed by atoms with Crippen LogP contribution < -0.4 is 11.5 Å². The normalized spacial score (nSPS) is 14.2. The fourth-order valence-corrected chi connectivity index (χ4v) is 15.5. The van der Waals surface area contributed by atoms with Crippen LogP contribution in [0.1, 0.15) is 271 Å². The lowest BCUT2D eigenvalue weighted by atomic mass is 9.84. The Hall–Kier alpha value is -9.57. The lowest BCUT2D eigenvalue weighted by Gasteiger charge is -2.22. The molecule has 6 aromatic carbocycles. The molecule has 4 aliphatic carbocycles. The number of hydrogen-bond acceptors (Lipinski definition) is 22. The number of carbonyl (C=O) groups is 6. The van der Waals surface area contributed by atoms with Gasteiger partial charge in [0.2, 0.25) is 5.82 Å². The third-order valence-electron chi connectivity index (χ3n) is 20.3. The first-order chi connectivity index (χ1) is 55.2. The second-order valence-electron chi connectivity index (χ2n) is 28.7. The topological polar surface area (TPSA) is 382 Å². The zero-order chi connectivity index (χ0) is 85.9. The van der Waals surface area contributed by atoms with Crippen LogP contribution in [0.3, 0.4) is 0 Å². The van der Waals surface area contributed by atoms with E-state index in [1.165, 1.54) is 126 Å². The number of halogens is 5. The van der Waals surface area contributed by atoms with Crippen LogP contribution in [0.15, 0.2) is 72.8 Å². The second-order valence-corrected chi connectivity index (χ2v) is 30.4. The molecule has 0 heterocycles. The molecule has 31 heteroatoms. The zero-order valence-corrected chi connectivity index (χ0v) is 70.5. The number of carbonyl (C=O) groups excluding carboxylic acids is 6. The lowest BCUT2D eigenvalue weighted by Crippen LogP contribution is -2.13. The van der Waals surface area contributed by atoms with E-state index in [2.05, 4.69) is 10.8 Å². The van der Waals surface area contributed by atoms with E-state index in [-0.39, 0.29) is 86.1 Å². The summed E-state index contributed by atoms with van der Waals surface area (Å²) >= 11 is 23.6. The lowest BCUT2D eigenvalue weighted by molar-refractivity contribution is -0.387. The van der Waals surface area contributed by atoms with Gasteiger partial charge in [-0.05, 0) is 176 Å². The van der Waals surface area contributed by atoms with E-state index in [1.807, 2.05) is 19.9 Å². The zero-order valence-electron chi connectivity index (χ0n) is 67.4. The Balaban J connectivity index is 0.000000249. The van der Waals surface area contributed by atoms with Crippen LogP contribution >= 0.6 is 46.4 Å². The quantitative estimate of drug-likeness (QED) is 0.0187. The molecule has 632 valence electrons. The van der Waals surface area contributed by atoms with Crippen molar-refractivity contribution >= 4 is 116 Å². The van der Waals surface area contributed by atoms with E-state index in [9.17, 15) is 73.6 Å². The van der Waals surface area contributed by atoms with E-state index in [0.717, 1.165) is 90.9 Å². The molecule has 0 saturated heterocycles. The maximum atomic E-state index is 13.1. The first-order valence-corrected chi connectivity index (χ1v) is 41.1. The maximum Gasteiger partial charge on any atom is 0.339 e. The van der Waals surface area contributed by atoms with E-state index >= 15 is 0 Å². The van der Waals surface area contributed by atoms with Gasteiger partial charge in [-0.15, -0.1) is 0 Å². The summed E-state index contributed by atoms with van der Waals surface area (Å²) in [6, 6.07) is 17.3. The van der Waals surface area contributed by atoms with E-state index in [1.54, 1.807) is 72.7 Å². The Morgan fingerprint density at radius 2 is 0.560 bits per heavy atom. The summed E-state index contributed by atoms with van der Waals surface area (Å²) in [7, 11) is 0. The van der Waals surface area contributed by atoms with Crippen LogP contribution in [0.4, 0.5) is 38.5 Å². The average Bonchev–Trinajstić information content (AvgIpc) is 0.807. The number of anilines is 2. The van der Waals surface area contributed by atoms with Crippen molar-refractivity contribution in [3.63, 3.8) is 0 Å². The Morgan fingerprint density at radius 1 is 0.328 bits per heavy atom. The molecule has 0 amide bonds. The van der Waals surface area contributed by atoms with Crippen molar-refractivity contribution in [1.29, 1.82) is 0 Å². The van der Waals surface area contributed by atoms with Crippen LogP contribution in [-0.2, 0) is 54.1 Å². The van der Waals surface area contributed by atoms with Crippen LogP contribution in [-0.4, -0.2) is 95.2 Å². The number of rotatable bonds is 24. The highest BCUT2D eigenvalue weighted by molar-refractivity contribution is 6.35. The average molecular weight is 1690 g/mol. The number of ether oxygens (including phenoxy) is 6. The van der Waals surface area contributed by atoms with Gasteiger partial charge in [0.1, 0.15) is 5.02 Å². The Bertz CT molecular complexity index is 4130. The molecule has 4 fully saturated rings. The van der Waals surface area contributed by atoms with Crippen molar-refractivity contribution in [2.24, 2.45) is 23.7 Å². The summed E-state index contributed by atoms with van der Waals surface area (Å²) in [4.78, 5) is 111. The molecule has 116 heavy (non-hydrogen) atoms. The molecule has 0 spiro atoms. The molecule has 10 rings (SSSR count). The number of nitrogens with zero attached hydrogens (tertiary/aromatic N) is 4. The van der Waals surface area contributed by atoms with Gasteiger partial charge < -0.3 is 39.9 Å². The van der Waals surface area contributed by atoms with Gasteiger partial charge in [0, 0.05) is 52.8 Å². The SMILES string of the molecule is CCOC(=O)c1cc(N)c(CC2CCCCC2)cc1C.CCOC(=O)c1cc(N)c(CC2CCCCC2)cc1Cl.CCOC(=O)c1cc([N+](=O)[O-])c(CC2CCCCC2)cc1C.CCOC(=O)c1cc([N+](=O)[O-])c(CC2CCCCC2)cc1Cl.CCOC(=O)c1cc([N+](=O)[O-])c(Cl)cc1C.CCOC(=O)c1cc([N+](=O)[O-])c(F)cc1Cl. The van der Waals surface area contributed by atoms with E-state index < -0.39 is 56.1 Å². The van der Waals surface area contributed by atoms with Gasteiger partial charge in [0.25, 0.3) is 17.1 Å². The molecule has 4 N–H and O–H groups in total. The monoisotopic (exact) mass is 1690 g/mol. The maximum absolute atomic E-state index is 13.1. The van der Waals surface area contributed by atoms with E-state index in [0.29, 0.717) is 82.0 Å². The highest BCUT2D eigenvalue weighted by Gasteiger charge is 2.29. The van der Waals surface area contributed by atoms with Crippen molar-refractivity contribution in [3.8, 4) is 0 Å². The molecular formula is C85H107Cl4FN6O20. The number of hydrogen-bond donors (Lipinski definition) is 2. The molecule has 0 radical (unpaired) electrons. The summed E-state index contributed by atoms with van der Waals surface area (Å²) in [5, 5.41) is 44.2. The van der Waals surface area contributed by atoms with Crippen molar-refractivity contribution in [1.82, 2.24) is 0 Å². The smallest absolute Gasteiger partial charge is 0.339 e. The Kier molecular flexibility index (Phi) is 41.4. The first kappa shape index (κ1) is 97.0. The fraction of sp³-hybridized carbons (Fsp3) is 0.506. The number of nitrogens with two attached hydrogens (primary N) is 2. The van der Waals surface area contributed by atoms with Gasteiger partial charge >= 0.3 is 41.5 Å². The third kappa shape index (κ3) is 30.2. The molecule has 4 saturated carbocycles. The minimum absolute atomic E-state index is 0.00977. The molecule has 0 aromatic heterocycles. The Labute approximate surface area is 696 Å². The number of nitro groups is 4. The first-order valence-electron chi connectivity index (χ1n) is 39.5. The largest absolute Gasteiger partial charge is 0.462 e. The summed E-state index contributed by atoms with van der Waals surface area (Å²) in [5.74, 6) is -1.90. The fourth-order valence-electron chi connectivity index (χ4n) is 14.5. The van der Waals surface area contributed by atoms with Crippen molar-refractivity contribution in [2.75, 3.05) is 51.1 Å². The second kappa shape index (κ2) is 49.5. The molecule has 6 aromatic rings. The molecule has 26 nitrogen and oxygen atoms in total. The highest BCUT2D eigenvalue weighted by atomic mass is 35.5. The van der Waals surface area contributed by atoms with Gasteiger partial charge in [0.05, 0.1) is 108 Å². The van der Waals surface area contributed by atoms with E-state index in [4.69, 9.17) is 81.6 Å². The minimum atomic E-state index is -1.09. The molecule has 0 atom stereocenters. The van der Waals surface area contributed by atoms with Gasteiger partial charge in [0.15, 0.2) is 0 Å². The summed E-state index contributed by atoms with van der Waals surface area (Å²) in [6.45, 7) is 17.1. The van der Waals surface area contributed by atoms with Crippen LogP contribution in [0.25, 0.3) is 0 Å². The third-order valence-corrected chi connectivity index (χ3v) is 21.6. The van der Waals surface area contributed by atoms with Gasteiger partial charge in [-0.25, -0.2) is 28.8 Å². The van der Waals surface area contributed by atoms with Gasteiger partial charge in [-0.3, -0.25) is 40.5 Å². The predicted octanol–water partition coefficient (Wildman–Crippen LogP) is 22.1. The molecule has 4 aliphatic rings. The standard InChI is InChI=1S/C17H23NO4.C17H25NO2.C16H20ClNO4.C16H22ClNO2.C10H10ClNO4.C9H7ClFNO4/c1-3-22-17(19)15-11-16(18(20)21)14(9-12(15)2)10-13-7-5-4-6-8-13;1-3-20-17(19)15-11-16(18)14(9-12(15)2)10-13-7-5-4-6-8-13;1-2-22-16(19)13-10-15(18(20)21)12(9-14(13)17)8-11-6-4-3-5-7-11;1-2-20-16(19)13-10-15(18)12(9-14(13)17)8-11-6-4-3-5-7-11;1-3-16-10(13)7-5-9(12(14)15)8(11)4-6(7)2;1-2-16-9(13)5-3-8(12(14)15)7(11)4-6(5)10/h9,11,13H,3-8,10H2,1-2H3;9,11,13H,3-8,10,18H2,1-2H3;9-11H,2-8H2,1H3;9-11H,2-8,18H2,1H3;4-5H,3H2,1-2H3;3-4H,2H2,1H3. The van der Waals surface area contributed by atoms with Gasteiger partial charge in [-0.1, -0.05) is 181 Å². The number of nitrogen functional groups attached to an aromatic ring is 2. The number of aryl methyl sites for hydroxylation is 3.